The zero-order chi connectivity index (χ0) is 9.30. The number of hydrazine groups is 1. The van der Waals surface area contributed by atoms with Gasteiger partial charge in [0, 0.05) is 6.54 Å². The van der Waals surface area contributed by atoms with E-state index in [0.717, 1.165) is 5.01 Å². The van der Waals surface area contributed by atoms with Crippen LogP contribution in [0.1, 0.15) is 0 Å². The minimum atomic E-state index is -1.23. The first-order valence-electron chi connectivity index (χ1n) is 3.74. The van der Waals surface area contributed by atoms with Crippen molar-refractivity contribution < 1.29 is 20.4 Å². The van der Waals surface area contributed by atoms with Crippen LogP contribution in [0.4, 0.5) is 0 Å². The van der Waals surface area contributed by atoms with Crippen LogP contribution in [0.3, 0.4) is 0 Å². The highest BCUT2D eigenvalue weighted by atomic mass is 16.4. The van der Waals surface area contributed by atoms with Crippen molar-refractivity contribution in [1.82, 2.24) is 5.01 Å². The molecular formula is C6H14N2O4. The molecule has 0 aromatic carbocycles. The van der Waals surface area contributed by atoms with Gasteiger partial charge in [0.2, 0.25) is 0 Å². The average molecular weight is 178 g/mol. The first-order valence-corrected chi connectivity index (χ1v) is 3.74. The molecule has 12 heavy (non-hydrogen) atoms. The molecule has 6 nitrogen and oxygen atoms in total. The fourth-order valence-corrected chi connectivity index (χ4v) is 1.32. The number of piperidine rings is 1. The van der Waals surface area contributed by atoms with Gasteiger partial charge in [-0.25, -0.2) is 5.01 Å². The van der Waals surface area contributed by atoms with Crippen molar-refractivity contribution in [1.29, 1.82) is 0 Å². The van der Waals surface area contributed by atoms with Gasteiger partial charge >= 0.3 is 0 Å². The Morgan fingerprint density at radius 3 is 2.33 bits per heavy atom. The molecule has 0 bridgehead atoms. The van der Waals surface area contributed by atoms with Gasteiger partial charge in [0.25, 0.3) is 0 Å². The van der Waals surface area contributed by atoms with Crippen molar-refractivity contribution in [2.24, 2.45) is 5.84 Å². The summed E-state index contributed by atoms with van der Waals surface area (Å²) in [5.41, 5.74) is 0. The minimum Gasteiger partial charge on any atom is -0.395 e. The van der Waals surface area contributed by atoms with Gasteiger partial charge in [0.15, 0.2) is 0 Å². The summed E-state index contributed by atoms with van der Waals surface area (Å²) in [6, 6.07) is -0.705. The second-order valence-electron chi connectivity index (χ2n) is 3.00. The first-order chi connectivity index (χ1) is 5.57. The number of hydrogen-bond donors (Lipinski definition) is 5. The molecule has 0 aliphatic carbocycles. The molecule has 0 aromatic rings. The zero-order valence-corrected chi connectivity index (χ0v) is 6.54. The van der Waals surface area contributed by atoms with Gasteiger partial charge < -0.3 is 20.4 Å². The third-order valence-electron chi connectivity index (χ3n) is 2.15. The van der Waals surface area contributed by atoms with Crippen molar-refractivity contribution in [3.8, 4) is 0 Å². The van der Waals surface area contributed by atoms with E-state index in [9.17, 15) is 10.2 Å². The zero-order valence-electron chi connectivity index (χ0n) is 6.54. The van der Waals surface area contributed by atoms with Gasteiger partial charge in [-0.15, -0.1) is 0 Å². The van der Waals surface area contributed by atoms with E-state index in [4.69, 9.17) is 16.1 Å². The van der Waals surface area contributed by atoms with Gasteiger partial charge in [-0.05, 0) is 0 Å². The molecule has 4 unspecified atom stereocenters. The van der Waals surface area contributed by atoms with E-state index in [1.807, 2.05) is 0 Å². The second-order valence-corrected chi connectivity index (χ2v) is 3.00. The summed E-state index contributed by atoms with van der Waals surface area (Å²) in [6.07, 6.45) is -3.50. The Morgan fingerprint density at radius 1 is 1.25 bits per heavy atom. The number of rotatable bonds is 1. The van der Waals surface area contributed by atoms with Crippen LogP contribution in [0, 0.1) is 0 Å². The lowest BCUT2D eigenvalue weighted by atomic mass is 9.96. The van der Waals surface area contributed by atoms with Crippen LogP contribution in [0.5, 0.6) is 0 Å². The number of nitrogens with two attached hydrogens (primary N) is 1. The van der Waals surface area contributed by atoms with Crippen LogP contribution in [-0.2, 0) is 0 Å². The molecular weight excluding hydrogens is 164 g/mol. The summed E-state index contributed by atoms with van der Waals surface area (Å²) in [4.78, 5) is 0. The molecule has 0 radical (unpaired) electrons. The topological polar surface area (TPSA) is 110 Å². The maximum Gasteiger partial charge on any atom is 0.109 e. The molecule has 0 spiro atoms. The summed E-state index contributed by atoms with van der Waals surface area (Å²) >= 11 is 0. The van der Waals surface area contributed by atoms with Crippen LogP contribution in [0.2, 0.25) is 0 Å². The molecule has 0 amide bonds. The molecule has 0 aromatic heterocycles. The quantitative estimate of drug-likeness (QED) is 0.268. The predicted molar refractivity (Wildman–Crippen MR) is 39.8 cm³/mol. The van der Waals surface area contributed by atoms with Gasteiger partial charge in [-0.2, -0.15) is 0 Å². The van der Waals surface area contributed by atoms with Crippen LogP contribution < -0.4 is 5.84 Å². The highest BCUT2D eigenvalue weighted by Crippen LogP contribution is 2.15. The molecule has 1 aliphatic rings. The Hall–Kier alpha value is -0.240. The SMILES string of the molecule is NN1CC(O)C(O)C(O)C1CO. The fourth-order valence-electron chi connectivity index (χ4n) is 1.32. The van der Waals surface area contributed by atoms with Crippen LogP contribution in [-0.4, -0.2) is 62.9 Å². The predicted octanol–water partition coefficient (Wildman–Crippen LogP) is -3.38. The summed E-state index contributed by atoms with van der Waals surface area (Å²) < 4.78 is 0. The van der Waals surface area contributed by atoms with Gasteiger partial charge in [-0.3, -0.25) is 5.84 Å². The molecule has 1 fully saturated rings. The largest absolute Gasteiger partial charge is 0.395 e. The monoisotopic (exact) mass is 178 g/mol. The maximum absolute atomic E-state index is 9.29. The summed E-state index contributed by atoms with van der Waals surface area (Å²) in [5, 5.41) is 37.5. The second kappa shape index (κ2) is 3.65. The Labute approximate surface area is 69.8 Å². The van der Waals surface area contributed by atoms with E-state index in [2.05, 4.69) is 0 Å². The lowest BCUT2D eigenvalue weighted by Crippen LogP contribution is -2.64. The smallest absolute Gasteiger partial charge is 0.109 e. The molecule has 4 atom stereocenters. The third-order valence-corrected chi connectivity index (χ3v) is 2.15. The summed E-state index contributed by atoms with van der Waals surface area (Å²) in [5.74, 6) is 5.37. The van der Waals surface area contributed by atoms with Crippen molar-refractivity contribution in [2.45, 2.75) is 24.4 Å². The first kappa shape index (κ1) is 9.85. The van der Waals surface area contributed by atoms with Crippen molar-refractivity contribution in [3.63, 3.8) is 0 Å². The van der Waals surface area contributed by atoms with Crippen molar-refractivity contribution in [2.75, 3.05) is 13.2 Å². The van der Waals surface area contributed by atoms with E-state index >= 15 is 0 Å². The third kappa shape index (κ3) is 1.58. The van der Waals surface area contributed by atoms with E-state index < -0.39 is 24.4 Å². The molecule has 1 saturated heterocycles. The van der Waals surface area contributed by atoms with Crippen LogP contribution in [0.25, 0.3) is 0 Å². The van der Waals surface area contributed by atoms with Gasteiger partial charge in [0.05, 0.1) is 18.8 Å². The fraction of sp³-hybridized carbons (Fsp3) is 1.00. The van der Waals surface area contributed by atoms with E-state index in [1.165, 1.54) is 0 Å². The Kier molecular flexibility index (Phi) is 2.99. The van der Waals surface area contributed by atoms with Crippen LogP contribution >= 0.6 is 0 Å². The number of hydrogen-bond acceptors (Lipinski definition) is 6. The standard InChI is InChI=1S/C6H14N2O4/c7-8-1-4(10)6(12)5(11)3(8)2-9/h3-6,9-12H,1-2,7H2. The number of β-amino-alcohol motifs (C(OH)–C–C–N with tert-alkyl or cyclic N) is 1. The number of aliphatic hydroxyl groups is 4. The molecule has 1 heterocycles. The summed E-state index contributed by atoms with van der Waals surface area (Å²) in [6.45, 7) is -0.301. The van der Waals surface area contributed by atoms with Crippen molar-refractivity contribution >= 4 is 0 Å². The average Bonchev–Trinajstić information content (AvgIpc) is 2.01. The molecule has 1 rings (SSSR count). The molecule has 1 aliphatic heterocycles. The van der Waals surface area contributed by atoms with Gasteiger partial charge in [-0.1, -0.05) is 0 Å². The maximum atomic E-state index is 9.29. The molecule has 6 heteroatoms. The molecule has 72 valence electrons. The van der Waals surface area contributed by atoms with E-state index in [1.54, 1.807) is 0 Å². The lowest BCUT2D eigenvalue weighted by molar-refractivity contribution is -0.145. The molecule has 0 saturated carbocycles. The van der Waals surface area contributed by atoms with Crippen LogP contribution in [0.15, 0.2) is 0 Å². The van der Waals surface area contributed by atoms with Gasteiger partial charge in [0.1, 0.15) is 12.2 Å². The van der Waals surface area contributed by atoms with Crippen molar-refractivity contribution in [3.05, 3.63) is 0 Å². The number of nitrogens with zero attached hydrogens (tertiary/aromatic N) is 1. The summed E-state index contributed by atoms with van der Waals surface area (Å²) in [7, 11) is 0. The normalized spacial score (nSPS) is 44.8. The Balaban J connectivity index is 2.65. The van der Waals surface area contributed by atoms with E-state index in [-0.39, 0.29) is 13.2 Å². The highest BCUT2D eigenvalue weighted by Gasteiger charge is 2.39. The minimum absolute atomic E-state index is 0.0451. The number of aliphatic hydroxyl groups excluding tert-OH is 4. The Bertz CT molecular complexity index is 156. The Morgan fingerprint density at radius 2 is 1.83 bits per heavy atom. The lowest BCUT2D eigenvalue weighted by Gasteiger charge is -2.40. The van der Waals surface area contributed by atoms with E-state index in [0.29, 0.717) is 0 Å². The highest BCUT2D eigenvalue weighted by molar-refractivity contribution is 4.91. The molecule has 6 N–H and O–H groups in total.